The minimum absolute atomic E-state index is 0.232. The van der Waals surface area contributed by atoms with Crippen LogP contribution in [0.2, 0.25) is 0 Å². The molecule has 3 aliphatic rings. The van der Waals surface area contributed by atoms with E-state index in [0.29, 0.717) is 47.2 Å². The lowest BCUT2D eigenvalue weighted by molar-refractivity contribution is 0.0180. The zero-order chi connectivity index (χ0) is 25.9. The number of nitrogens with two attached hydrogens (primary N) is 1. The van der Waals surface area contributed by atoms with Gasteiger partial charge in [0.15, 0.2) is 22.5 Å². The first kappa shape index (κ1) is 25.9. The number of amides is 1. The molecule has 2 N–H and O–H groups in total. The Bertz CT molecular complexity index is 1170. The van der Waals surface area contributed by atoms with Crippen molar-refractivity contribution in [3.05, 3.63) is 24.5 Å². The SMILES string of the molecule is COc1ccc(OC)c(Sc2nc3c(N)ncn(CCC4CCN(C(=O)OC(C)(C)C)CC4)c-3n2)c1. The molecule has 0 bridgehead atoms. The van der Waals surface area contributed by atoms with E-state index < -0.39 is 5.60 Å². The summed E-state index contributed by atoms with van der Waals surface area (Å²) in [6, 6.07) is 5.59. The van der Waals surface area contributed by atoms with Gasteiger partial charge in [-0.25, -0.2) is 19.7 Å². The molecule has 1 aromatic rings. The van der Waals surface area contributed by atoms with Crippen LogP contribution in [0, 0.1) is 5.92 Å². The number of methoxy groups -OCH3 is 2. The van der Waals surface area contributed by atoms with Gasteiger partial charge in [0.25, 0.3) is 0 Å². The van der Waals surface area contributed by atoms with Crippen molar-refractivity contribution in [2.45, 2.75) is 62.2 Å². The van der Waals surface area contributed by atoms with Gasteiger partial charge in [-0.15, -0.1) is 0 Å². The van der Waals surface area contributed by atoms with E-state index in [9.17, 15) is 4.79 Å². The van der Waals surface area contributed by atoms with Crippen LogP contribution in [0.1, 0.15) is 40.0 Å². The van der Waals surface area contributed by atoms with Crippen LogP contribution in [-0.2, 0) is 11.3 Å². The van der Waals surface area contributed by atoms with Gasteiger partial charge in [-0.05, 0) is 75.9 Å². The molecule has 0 spiro atoms. The van der Waals surface area contributed by atoms with Gasteiger partial charge in [-0.2, -0.15) is 0 Å². The molecule has 0 saturated carbocycles. The summed E-state index contributed by atoms with van der Waals surface area (Å²) in [6.07, 6.45) is 4.32. The third-order valence-electron chi connectivity index (χ3n) is 6.09. The summed E-state index contributed by atoms with van der Waals surface area (Å²) in [5.74, 6) is 3.00. The molecule has 4 rings (SSSR count). The molecule has 36 heavy (non-hydrogen) atoms. The second-order valence-electron chi connectivity index (χ2n) is 9.82. The third-order valence-corrected chi connectivity index (χ3v) is 6.99. The first-order chi connectivity index (χ1) is 17.2. The number of aromatic nitrogens is 4. The number of likely N-dealkylation sites (tertiary alicyclic amines) is 1. The summed E-state index contributed by atoms with van der Waals surface area (Å²) < 4.78 is 18.3. The molecule has 0 unspecified atom stereocenters. The zero-order valence-electron chi connectivity index (χ0n) is 21.5. The monoisotopic (exact) mass is 514 g/mol. The van der Waals surface area contributed by atoms with Gasteiger partial charge in [0.1, 0.15) is 17.1 Å². The number of nitrogens with zero attached hydrogens (tertiary/aromatic N) is 5. The predicted octanol–water partition coefficient (Wildman–Crippen LogP) is 4.57. The number of fused-ring (bicyclic) bond motifs is 1. The first-order valence-electron chi connectivity index (χ1n) is 12.0. The van der Waals surface area contributed by atoms with Gasteiger partial charge in [-0.1, -0.05) is 0 Å². The highest BCUT2D eigenvalue weighted by molar-refractivity contribution is 7.99. The number of rotatable bonds is 7. The van der Waals surface area contributed by atoms with Crippen LogP contribution in [0.3, 0.4) is 0 Å². The van der Waals surface area contributed by atoms with Crippen molar-refractivity contribution in [1.29, 1.82) is 0 Å². The number of hydrogen-bond donors (Lipinski definition) is 1. The van der Waals surface area contributed by atoms with Crippen LogP contribution < -0.4 is 15.2 Å². The molecule has 1 amide bonds. The first-order valence-corrected chi connectivity index (χ1v) is 12.8. The Morgan fingerprint density at radius 2 is 1.92 bits per heavy atom. The number of imidazole rings is 1. The van der Waals surface area contributed by atoms with E-state index in [1.807, 2.05) is 43.5 Å². The van der Waals surface area contributed by atoms with E-state index in [2.05, 4.69) is 9.97 Å². The standard InChI is InChI=1S/C25H34N6O4S/c1-25(2,3)35-24(32)30-11-8-16(9-12-30)10-13-31-15-27-21(26)20-22(31)29-23(28-20)36-19-14-17(33-4)6-7-18(19)34-5/h6-7,14-16H,8-13,26H2,1-5H3. The fourth-order valence-electron chi connectivity index (χ4n) is 4.16. The van der Waals surface area contributed by atoms with E-state index in [1.165, 1.54) is 11.8 Å². The van der Waals surface area contributed by atoms with Crippen molar-refractivity contribution in [2.75, 3.05) is 33.0 Å². The van der Waals surface area contributed by atoms with Gasteiger partial charge >= 0.3 is 6.09 Å². The smallest absolute Gasteiger partial charge is 0.410 e. The van der Waals surface area contributed by atoms with E-state index in [0.717, 1.165) is 36.5 Å². The van der Waals surface area contributed by atoms with Crippen molar-refractivity contribution in [3.63, 3.8) is 0 Å². The fraction of sp³-hybridized carbons (Fsp3) is 0.520. The van der Waals surface area contributed by atoms with Crippen molar-refractivity contribution in [1.82, 2.24) is 24.4 Å². The van der Waals surface area contributed by atoms with Crippen molar-refractivity contribution in [2.24, 2.45) is 5.92 Å². The molecular formula is C25H34N6O4S. The maximum Gasteiger partial charge on any atom is 0.410 e. The van der Waals surface area contributed by atoms with Crippen LogP contribution >= 0.6 is 11.8 Å². The molecule has 3 aliphatic heterocycles. The number of carbonyl (C=O) groups excluding carboxylic acids is 1. The highest BCUT2D eigenvalue weighted by atomic mass is 32.2. The Hall–Kier alpha value is -3.21. The van der Waals surface area contributed by atoms with Crippen LogP contribution in [-0.4, -0.2) is 63.4 Å². The lowest BCUT2D eigenvalue weighted by Gasteiger charge is -2.33. The van der Waals surface area contributed by atoms with E-state index in [1.54, 1.807) is 25.4 Å². The van der Waals surface area contributed by atoms with Gasteiger partial charge < -0.3 is 29.4 Å². The molecule has 3 heterocycles. The largest absolute Gasteiger partial charge is 0.497 e. The summed E-state index contributed by atoms with van der Waals surface area (Å²) in [7, 11) is 3.25. The summed E-state index contributed by atoms with van der Waals surface area (Å²) in [4.78, 5) is 28.7. The summed E-state index contributed by atoms with van der Waals surface area (Å²) in [6.45, 7) is 7.82. The van der Waals surface area contributed by atoms with Crippen molar-refractivity contribution in [3.8, 4) is 23.0 Å². The van der Waals surface area contributed by atoms with E-state index >= 15 is 0 Å². The fourth-order valence-corrected chi connectivity index (χ4v) is 5.05. The number of benzene rings is 1. The maximum atomic E-state index is 12.3. The van der Waals surface area contributed by atoms with Crippen LogP contribution in [0.25, 0.3) is 11.5 Å². The number of aryl methyl sites for hydroxylation is 1. The molecule has 0 atom stereocenters. The van der Waals surface area contributed by atoms with Crippen LogP contribution in [0.15, 0.2) is 34.6 Å². The molecule has 194 valence electrons. The minimum atomic E-state index is -0.479. The highest BCUT2D eigenvalue weighted by Gasteiger charge is 2.27. The number of piperidine rings is 1. The van der Waals surface area contributed by atoms with E-state index in [-0.39, 0.29) is 6.09 Å². The average molecular weight is 515 g/mol. The molecule has 1 saturated heterocycles. The number of carbonyl (C=O) groups is 1. The quantitative estimate of drug-likeness (QED) is 0.484. The Kier molecular flexibility index (Phi) is 7.77. The van der Waals surface area contributed by atoms with Crippen molar-refractivity contribution >= 4 is 23.7 Å². The zero-order valence-corrected chi connectivity index (χ0v) is 22.3. The topological polar surface area (TPSA) is 118 Å². The Morgan fingerprint density at radius 1 is 1.17 bits per heavy atom. The number of nitrogen functional groups attached to an aromatic ring is 1. The summed E-state index contributed by atoms with van der Waals surface area (Å²) in [5, 5.41) is 0.565. The lowest BCUT2D eigenvalue weighted by atomic mass is 9.93. The van der Waals surface area contributed by atoms with Gasteiger partial charge in [0.05, 0.1) is 25.4 Å². The Morgan fingerprint density at radius 3 is 2.58 bits per heavy atom. The highest BCUT2D eigenvalue weighted by Crippen LogP contribution is 2.38. The van der Waals surface area contributed by atoms with Gasteiger partial charge in [0, 0.05) is 19.6 Å². The summed E-state index contributed by atoms with van der Waals surface area (Å²) in [5.41, 5.74) is 6.24. The van der Waals surface area contributed by atoms with Crippen molar-refractivity contribution < 1.29 is 19.0 Å². The third kappa shape index (κ3) is 6.13. The second kappa shape index (κ2) is 10.8. The number of ether oxygens (including phenoxy) is 3. The average Bonchev–Trinajstić information content (AvgIpc) is 3.27. The molecular weight excluding hydrogens is 480 g/mol. The molecule has 0 aromatic heterocycles. The minimum Gasteiger partial charge on any atom is -0.497 e. The molecule has 1 fully saturated rings. The molecule has 0 aliphatic carbocycles. The van der Waals surface area contributed by atoms with Gasteiger partial charge in [-0.3, -0.25) is 0 Å². The lowest BCUT2D eigenvalue weighted by Crippen LogP contribution is -2.41. The normalized spacial score (nSPS) is 14.8. The number of anilines is 1. The molecule has 1 aromatic carbocycles. The second-order valence-corrected chi connectivity index (χ2v) is 10.8. The molecule has 11 heteroatoms. The van der Waals surface area contributed by atoms with Crippen LogP contribution in [0.5, 0.6) is 11.5 Å². The molecule has 10 nitrogen and oxygen atoms in total. The van der Waals surface area contributed by atoms with Gasteiger partial charge in [0.2, 0.25) is 0 Å². The Labute approximate surface area is 215 Å². The summed E-state index contributed by atoms with van der Waals surface area (Å²) >= 11 is 1.39. The number of hydrogen-bond acceptors (Lipinski definition) is 9. The molecule has 0 radical (unpaired) electrons. The Balaban J connectivity index is 1.42. The van der Waals surface area contributed by atoms with Crippen LogP contribution in [0.4, 0.5) is 10.6 Å². The maximum absolute atomic E-state index is 12.3. The van der Waals surface area contributed by atoms with E-state index in [4.69, 9.17) is 24.9 Å². The predicted molar refractivity (Wildman–Crippen MR) is 138 cm³/mol.